The van der Waals surface area contributed by atoms with Gasteiger partial charge in [0.15, 0.2) is 11.5 Å². The van der Waals surface area contributed by atoms with Gasteiger partial charge in [-0.3, -0.25) is 4.79 Å². The average Bonchev–Trinajstić information content (AvgIpc) is 3.41. The molecule has 0 spiro atoms. The van der Waals surface area contributed by atoms with Crippen molar-refractivity contribution in [3.05, 3.63) is 53.7 Å². The molecule has 158 valence electrons. The maximum absolute atomic E-state index is 12.7. The van der Waals surface area contributed by atoms with Gasteiger partial charge in [0.25, 0.3) is 0 Å². The smallest absolute Gasteiger partial charge is 0.226 e. The van der Waals surface area contributed by atoms with E-state index < -0.39 is 0 Å². The van der Waals surface area contributed by atoms with Crippen molar-refractivity contribution in [1.82, 2.24) is 14.8 Å². The molecule has 1 unspecified atom stereocenters. The molecule has 4 aromatic rings. The number of hydrogen-bond acceptors (Lipinski definition) is 7. The molecule has 8 nitrogen and oxygen atoms in total. The highest BCUT2D eigenvalue weighted by molar-refractivity contribution is 7.20. The fourth-order valence-electron chi connectivity index (χ4n) is 3.92. The summed E-state index contributed by atoms with van der Waals surface area (Å²) in [6, 6.07) is 11.5. The first-order chi connectivity index (χ1) is 15.1. The maximum Gasteiger partial charge on any atom is 0.226 e. The van der Waals surface area contributed by atoms with E-state index in [-0.39, 0.29) is 18.2 Å². The van der Waals surface area contributed by atoms with E-state index in [0.717, 1.165) is 21.3 Å². The second-order valence-electron chi connectivity index (χ2n) is 7.08. The predicted molar refractivity (Wildman–Crippen MR) is 118 cm³/mol. The highest BCUT2D eigenvalue weighted by Crippen LogP contribution is 2.45. The summed E-state index contributed by atoms with van der Waals surface area (Å²) in [6.45, 7) is 0. The predicted octanol–water partition coefficient (Wildman–Crippen LogP) is 3.98. The van der Waals surface area contributed by atoms with Crippen LogP contribution in [0.5, 0.6) is 17.2 Å². The third-order valence-corrected chi connectivity index (χ3v) is 6.41. The molecule has 0 bridgehead atoms. The zero-order chi connectivity index (χ0) is 21.5. The van der Waals surface area contributed by atoms with Crippen LogP contribution >= 0.6 is 11.3 Å². The number of thiazole rings is 1. The van der Waals surface area contributed by atoms with Crippen LogP contribution in [0.4, 0.5) is 5.82 Å². The number of carbonyl (C=O) groups is 1. The summed E-state index contributed by atoms with van der Waals surface area (Å²) >= 11 is 1.52. The molecule has 31 heavy (non-hydrogen) atoms. The van der Waals surface area contributed by atoms with Crippen LogP contribution in [0.15, 0.2) is 42.6 Å². The van der Waals surface area contributed by atoms with Crippen LogP contribution in [0.3, 0.4) is 0 Å². The molecule has 2 aromatic heterocycles. The summed E-state index contributed by atoms with van der Waals surface area (Å²) < 4.78 is 19.2. The molecule has 0 saturated heterocycles. The van der Waals surface area contributed by atoms with Crippen molar-refractivity contribution < 1.29 is 19.0 Å². The molecule has 3 heterocycles. The van der Waals surface area contributed by atoms with E-state index in [2.05, 4.69) is 15.4 Å². The van der Waals surface area contributed by atoms with Crippen LogP contribution in [0.1, 0.15) is 23.5 Å². The van der Waals surface area contributed by atoms with Crippen molar-refractivity contribution in [2.24, 2.45) is 0 Å². The largest absolute Gasteiger partial charge is 0.496 e. The molecule has 9 heteroatoms. The number of methoxy groups -OCH3 is 3. The molecule has 1 aliphatic rings. The van der Waals surface area contributed by atoms with Gasteiger partial charge in [-0.1, -0.05) is 23.5 Å². The first-order valence-electron chi connectivity index (χ1n) is 9.66. The molecular formula is C22H20N4O4S. The van der Waals surface area contributed by atoms with Gasteiger partial charge in [-0.25, -0.2) is 4.98 Å². The SMILES string of the molecule is COc1cc(OC)c(C2CC(=O)Nc3c2cnn3-c2nc3ccccc3s2)cc1OC. The first-order valence-corrected chi connectivity index (χ1v) is 10.5. The zero-order valence-corrected chi connectivity index (χ0v) is 18.0. The summed E-state index contributed by atoms with van der Waals surface area (Å²) in [4.78, 5) is 17.4. The Morgan fingerprint density at radius 3 is 2.52 bits per heavy atom. The third-order valence-electron chi connectivity index (χ3n) is 5.40. The average molecular weight is 436 g/mol. The Balaban J connectivity index is 1.64. The summed E-state index contributed by atoms with van der Waals surface area (Å²) in [5.74, 6) is 2.03. The van der Waals surface area contributed by atoms with Crippen LogP contribution in [-0.4, -0.2) is 42.0 Å². The van der Waals surface area contributed by atoms with E-state index in [0.29, 0.717) is 28.2 Å². The van der Waals surface area contributed by atoms with Gasteiger partial charge in [0, 0.05) is 29.5 Å². The lowest BCUT2D eigenvalue weighted by Gasteiger charge is -2.25. The number of hydrogen-bond donors (Lipinski definition) is 1. The van der Waals surface area contributed by atoms with Crippen molar-refractivity contribution >= 4 is 33.3 Å². The van der Waals surface area contributed by atoms with E-state index in [1.54, 1.807) is 38.3 Å². The zero-order valence-electron chi connectivity index (χ0n) is 17.2. The Morgan fingerprint density at radius 2 is 1.77 bits per heavy atom. The van der Waals surface area contributed by atoms with Crippen molar-refractivity contribution in [2.75, 3.05) is 26.6 Å². The Kier molecular flexibility index (Phi) is 4.74. The Morgan fingerprint density at radius 1 is 1.03 bits per heavy atom. The quantitative estimate of drug-likeness (QED) is 0.509. The number of benzene rings is 2. The second kappa shape index (κ2) is 7.59. The number of ether oxygens (including phenoxy) is 3. The highest BCUT2D eigenvalue weighted by atomic mass is 32.1. The highest BCUT2D eigenvalue weighted by Gasteiger charge is 2.33. The first kappa shape index (κ1) is 19.4. The minimum Gasteiger partial charge on any atom is -0.496 e. The van der Waals surface area contributed by atoms with Gasteiger partial charge in [0.2, 0.25) is 11.0 Å². The summed E-state index contributed by atoms with van der Waals surface area (Å²) in [5, 5.41) is 8.23. The lowest BCUT2D eigenvalue weighted by molar-refractivity contribution is -0.116. The van der Waals surface area contributed by atoms with E-state index in [1.165, 1.54) is 11.3 Å². The van der Waals surface area contributed by atoms with Gasteiger partial charge in [-0.2, -0.15) is 9.78 Å². The minimum atomic E-state index is -0.248. The molecular weight excluding hydrogens is 416 g/mol. The molecule has 1 aliphatic heterocycles. The van der Waals surface area contributed by atoms with E-state index >= 15 is 0 Å². The van der Waals surface area contributed by atoms with Gasteiger partial charge in [-0.15, -0.1) is 0 Å². The van der Waals surface area contributed by atoms with Gasteiger partial charge in [-0.05, 0) is 18.2 Å². The number of nitrogens with zero attached hydrogens (tertiary/aromatic N) is 3. The molecule has 1 amide bonds. The van der Waals surface area contributed by atoms with Gasteiger partial charge in [0.1, 0.15) is 11.6 Å². The number of anilines is 1. The Hall–Kier alpha value is -3.59. The molecule has 1 atom stereocenters. The fraction of sp³-hybridized carbons (Fsp3) is 0.227. The molecule has 1 N–H and O–H groups in total. The van der Waals surface area contributed by atoms with Crippen molar-refractivity contribution in [1.29, 1.82) is 0 Å². The number of rotatable bonds is 5. The third kappa shape index (κ3) is 3.17. The van der Waals surface area contributed by atoms with Crippen molar-refractivity contribution in [3.63, 3.8) is 0 Å². The molecule has 0 fully saturated rings. The molecule has 2 aromatic carbocycles. The van der Waals surface area contributed by atoms with Crippen LogP contribution < -0.4 is 19.5 Å². The van der Waals surface area contributed by atoms with Crippen LogP contribution in [-0.2, 0) is 4.79 Å². The Bertz CT molecular complexity index is 1260. The van der Waals surface area contributed by atoms with Crippen LogP contribution in [0, 0.1) is 0 Å². The number of nitrogens with one attached hydrogen (secondary N) is 1. The molecule has 0 radical (unpaired) electrons. The summed E-state index contributed by atoms with van der Waals surface area (Å²) in [7, 11) is 4.75. The van der Waals surface area contributed by atoms with Gasteiger partial charge in [0.05, 0.1) is 37.7 Å². The van der Waals surface area contributed by atoms with E-state index in [4.69, 9.17) is 14.2 Å². The summed E-state index contributed by atoms with van der Waals surface area (Å²) in [5.41, 5.74) is 2.62. The second-order valence-corrected chi connectivity index (χ2v) is 8.09. The fourth-order valence-corrected chi connectivity index (χ4v) is 4.85. The van der Waals surface area contributed by atoms with Crippen molar-refractivity contribution in [2.45, 2.75) is 12.3 Å². The van der Waals surface area contributed by atoms with E-state index in [9.17, 15) is 4.79 Å². The molecule has 0 saturated carbocycles. The van der Waals surface area contributed by atoms with Gasteiger partial charge >= 0.3 is 0 Å². The molecule has 5 rings (SSSR count). The topological polar surface area (TPSA) is 87.5 Å². The van der Waals surface area contributed by atoms with Crippen molar-refractivity contribution in [3.8, 4) is 22.4 Å². The number of amides is 1. The number of carbonyl (C=O) groups excluding carboxylic acids is 1. The number of fused-ring (bicyclic) bond motifs is 2. The Labute approximate surface area is 182 Å². The monoisotopic (exact) mass is 436 g/mol. The maximum atomic E-state index is 12.7. The lowest BCUT2D eigenvalue weighted by Crippen LogP contribution is -2.25. The summed E-state index contributed by atoms with van der Waals surface area (Å²) in [6.07, 6.45) is 2.05. The van der Waals surface area contributed by atoms with E-state index in [1.807, 2.05) is 30.3 Å². The number of para-hydroxylation sites is 1. The molecule has 0 aliphatic carbocycles. The normalized spacial score (nSPS) is 15.5. The van der Waals surface area contributed by atoms with Gasteiger partial charge < -0.3 is 19.5 Å². The standard InChI is InChI=1S/C22H20N4O4S/c1-28-16-10-18(30-3)17(29-2)8-13(16)12-9-20(27)25-21-14(12)11-23-26(21)22-24-15-6-4-5-7-19(15)31-22/h4-8,10-12H,9H2,1-3H3,(H,25,27). The van der Waals surface area contributed by atoms with Crippen LogP contribution in [0.2, 0.25) is 0 Å². The van der Waals surface area contributed by atoms with Crippen LogP contribution in [0.25, 0.3) is 15.3 Å². The lowest BCUT2D eigenvalue weighted by atomic mass is 9.86. The number of aromatic nitrogens is 3. The minimum absolute atomic E-state index is 0.0998.